The summed E-state index contributed by atoms with van der Waals surface area (Å²) in [5.41, 5.74) is 11.1. The van der Waals surface area contributed by atoms with Crippen LogP contribution in [0.15, 0.2) is 170 Å². The molecule has 12 unspecified atom stereocenters. The molecule has 0 spiro atoms. The van der Waals surface area contributed by atoms with E-state index in [-0.39, 0.29) is 47.8 Å². The highest BCUT2D eigenvalue weighted by molar-refractivity contribution is 5.91. The lowest BCUT2D eigenvalue weighted by Gasteiger charge is -2.35. The van der Waals surface area contributed by atoms with Crippen molar-refractivity contribution in [3.05, 3.63) is 215 Å². The summed E-state index contributed by atoms with van der Waals surface area (Å²) in [6, 6.07) is 66.2. The van der Waals surface area contributed by atoms with E-state index in [1.54, 1.807) is 0 Å². The van der Waals surface area contributed by atoms with Crippen molar-refractivity contribution in [3.8, 4) is 0 Å². The largest absolute Gasteiger partial charge is 0.360 e. The van der Waals surface area contributed by atoms with Crippen molar-refractivity contribution >= 4 is 21.5 Å². The summed E-state index contributed by atoms with van der Waals surface area (Å²) in [6.07, 6.45) is 10.2. The van der Waals surface area contributed by atoms with E-state index in [1.165, 1.54) is 118 Å². The second kappa shape index (κ2) is 16.1. The quantitative estimate of drug-likeness (QED) is 0.143. The summed E-state index contributed by atoms with van der Waals surface area (Å²) in [7, 11) is 0. The summed E-state index contributed by atoms with van der Waals surface area (Å²) in [5, 5.41) is 14.8. The monoisotopic (exact) mass is 836 g/mol. The molecule has 5 aliphatic rings. The van der Waals surface area contributed by atoms with Gasteiger partial charge in [-0.15, -0.1) is 0 Å². The fraction of sp³-hybridized carbons (Fsp3) is 0.333. The van der Waals surface area contributed by atoms with E-state index in [0.717, 1.165) is 0 Å². The number of rotatable bonds is 4. The molecule has 2 saturated carbocycles. The Bertz CT molecular complexity index is 2490. The standard InChI is InChI=1S/C60H60N4/c1-5-21-37(22-6-1)49-53-41-29-13-15-31-43(41)55(61-53)50(38-23-7-2-8-24-38)57-45-33-17-19-35-47(45)59(63-57)52(40-27-11-4-12-28-40)60-48-36-20-18-34-46(48)58(64-60)51(39-25-9-3-10-26-39)56-44-32-16-14-30-42(44)54(49)62-56/h1-13,15,18,20-29,31,34,36,42,44-45,47,49-52,54,56-57,59,61-64H,14,16-17,19,30,32-33,35H2. The molecular formula is C60H60N4. The molecule has 4 heteroatoms. The highest BCUT2D eigenvalue weighted by atomic mass is 15.1. The molecule has 6 aromatic carbocycles. The summed E-state index contributed by atoms with van der Waals surface area (Å²) in [6.45, 7) is 0. The molecule has 4 N–H and O–H groups in total. The van der Waals surface area contributed by atoms with Crippen LogP contribution in [0.5, 0.6) is 0 Å². The zero-order chi connectivity index (χ0) is 42.1. The molecule has 0 radical (unpaired) electrons. The minimum absolute atomic E-state index is 0.154. The third-order valence-electron chi connectivity index (χ3n) is 17.2. The van der Waals surface area contributed by atoms with E-state index in [2.05, 4.69) is 190 Å². The van der Waals surface area contributed by atoms with Crippen molar-refractivity contribution < 1.29 is 0 Å². The van der Waals surface area contributed by atoms with Gasteiger partial charge in [-0.3, -0.25) is 0 Å². The minimum atomic E-state index is 0.154. The molecule has 4 heterocycles. The fourth-order valence-electron chi connectivity index (χ4n) is 14.8. The van der Waals surface area contributed by atoms with Crippen LogP contribution >= 0.6 is 0 Å². The van der Waals surface area contributed by atoms with Crippen molar-refractivity contribution in [1.29, 1.82) is 0 Å². The van der Waals surface area contributed by atoms with Gasteiger partial charge in [0.15, 0.2) is 0 Å². The van der Waals surface area contributed by atoms with Crippen molar-refractivity contribution in [2.75, 3.05) is 0 Å². The van der Waals surface area contributed by atoms with Crippen molar-refractivity contribution in [2.45, 2.75) is 99.2 Å². The van der Waals surface area contributed by atoms with E-state index in [0.29, 0.717) is 23.7 Å². The molecule has 320 valence electrons. The van der Waals surface area contributed by atoms with Gasteiger partial charge < -0.3 is 20.6 Å². The molecule has 2 saturated heterocycles. The summed E-state index contributed by atoms with van der Waals surface area (Å²) < 4.78 is 0. The zero-order valence-electron chi connectivity index (χ0n) is 36.8. The number of aromatic amines is 2. The molecule has 3 aliphatic carbocycles. The topological polar surface area (TPSA) is 55.6 Å². The summed E-state index contributed by atoms with van der Waals surface area (Å²) in [5.74, 6) is 2.78. The first-order valence-corrected chi connectivity index (χ1v) is 24.7. The van der Waals surface area contributed by atoms with E-state index in [1.807, 2.05) is 0 Å². The van der Waals surface area contributed by atoms with Crippen LogP contribution in [0.1, 0.15) is 120 Å². The highest BCUT2D eigenvalue weighted by Crippen LogP contribution is 2.55. The van der Waals surface area contributed by atoms with Crippen LogP contribution in [0, 0.1) is 23.7 Å². The number of nitrogens with one attached hydrogen (secondary N) is 4. The number of hydrogen-bond acceptors (Lipinski definition) is 2. The molecule has 64 heavy (non-hydrogen) atoms. The Labute approximate surface area is 378 Å². The van der Waals surface area contributed by atoms with Gasteiger partial charge >= 0.3 is 0 Å². The van der Waals surface area contributed by atoms with Crippen LogP contribution in [0.25, 0.3) is 21.5 Å². The number of aromatic nitrogens is 2. The molecule has 8 aromatic rings. The molecule has 4 nitrogen and oxygen atoms in total. The maximum Gasteiger partial charge on any atom is 0.0403 e. The fourth-order valence-corrected chi connectivity index (χ4v) is 14.8. The maximum absolute atomic E-state index is 4.64. The van der Waals surface area contributed by atoms with Gasteiger partial charge in [0.2, 0.25) is 0 Å². The molecule has 4 fully saturated rings. The Kier molecular flexibility index (Phi) is 9.74. The highest BCUT2D eigenvalue weighted by Gasteiger charge is 2.54. The Morgan fingerprint density at radius 2 is 0.484 bits per heavy atom. The van der Waals surface area contributed by atoms with Gasteiger partial charge in [-0.05, 0) is 71.6 Å². The first-order chi connectivity index (χ1) is 31.8. The number of H-pyrrole nitrogens is 2. The minimum Gasteiger partial charge on any atom is -0.360 e. The van der Waals surface area contributed by atoms with Gasteiger partial charge in [-0.2, -0.15) is 0 Å². The van der Waals surface area contributed by atoms with E-state index in [4.69, 9.17) is 0 Å². The Morgan fingerprint density at radius 3 is 0.719 bits per heavy atom. The second-order valence-electron chi connectivity index (χ2n) is 20.2. The lowest BCUT2D eigenvalue weighted by Crippen LogP contribution is -2.41. The van der Waals surface area contributed by atoms with Crippen molar-refractivity contribution in [1.82, 2.24) is 20.6 Å². The number of benzene rings is 6. The molecule has 13 rings (SSSR count). The molecule has 2 aromatic heterocycles. The molecule has 2 aliphatic heterocycles. The van der Waals surface area contributed by atoms with Crippen LogP contribution in [-0.2, 0) is 0 Å². The molecular weight excluding hydrogens is 777 g/mol. The maximum atomic E-state index is 4.64. The normalized spacial score (nSPS) is 31.1. The SMILES string of the molecule is c1ccc(C2c3[nH]c(c4ccccc34)C(c3ccccc3)C3NC(C(c4ccccc4)c4[nH]c(c5ccccc45)C(c4ccccc4)C4NC2C2CCCCC24)C2CCCCC23)cc1. The smallest absolute Gasteiger partial charge is 0.0403 e. The van der Waals surface area contributed by atoms with Crippen molar-refractivity contribution in [3.63, 3.8) is 0 Å². The Balaban J connectivity index is 1.13. The predicted octanol–water partition coefficient (Wildman–Crippen LogP) is 13.2. The van der Waals surface area contributed by atoms with Gasteiger partial charge in [0.1, 0.15) is 0 Å². The predicted molar refractivity (Wildman–Crippen MR) is 262 cm³/mol. The van der Waals surface area contributed by atoms with E-state index >= 15 is 0 Å². The lowest BCUT2D eigenvalue weighted by molar-refractivity contribution is 0.230. The van der Waals surface area contributed by atoms with E-state index in [9.17, 15) is 0 Å². The summed E-state index contributed by atoms with van der Waals surface area (Å²) in [4.78, 5) is 8.90. The Hall–Kier alpha value is -5.68. The lowest BCUT2D eigenvalue weighted by atomic mass is 9.69. The number of hydrogen-bond donors (Lipinski definition) is 4. The molecule has 8 bridgehead atoms. The van der Waals surface area contributed by atoms with Crippen LogP contribution < -0.4 is 10.6 Å². The van der Waals surface area contributed by atoms with Gasteiger partial charge in [-0.1, -0.05) is 196 Å². The average Bonchev–Trinajstić information content (AvgIpc) is 4.14. The van der Waals surface area contributed by atoms with Crippen LogP contribution in [0.4, 0.5) is 0 Å². The van der Waals surface area contributed by atoms with Gasteiger partial charge in [0, 0.05) is 92.2 Å². The average molecular weight is 837 g/mol. The van der Waals surface area contributed by atoms with Crippen LogP contribution in [0.3, 0.4) is 0 Å². The zero-order valence-corrected chi connectivity index (χ0v) is 36.8. The van der Waals surface area contributed by atoms with Gasteiger partial charge in [0.05, 0.1) is 0 Å². The summed E-state index contributed by atoms with van der Waals surface area (Å²) >= 11 is 0. The Morgan fingerprint density at radius 1 is 0.266 bits per heavy atom. The molecule has 12 atom stereocenters. The first-order valence-electron chi connectivity index (χ1n) is 24.7. The van der Waals surface area contributed by atoms with Gasteiger partial charge in [0.25, 0.3) is 0 Å². The van der Waals surface area contributed by atoms with Crippen molar-refractivity contribution in [2.24, 2.45) is 23.7 Å². The van der Waals surface area contributed by atoms with Crippen LogP contribution in [0.2, 0.25) is 0 Å². The third kappa shape index (κ3) is 6.23. The van der Waals surface area contributed by atoms with Crippen LogP contribution in [-0.4, -0.2) is 34.1 Å². The molecule has 0 amide bonds. The van der Waals surface area contributed by atoms with E-state index < -0.39 is 0 Å². The van der Waals surface area contributed by atoms with Gasteiger partial charge in [-0.25, -0.2) is 0 Å². The second-order valence-corrected chi connectivity index (χ2v) is 20.2. The third-order valence-corrected chi connectivity index (χ3v) is 17.2. The first kappa shape index (κ1) is 38.8.